The quantitative estimate of drug-likeness (QED) is 0.0572. The van der Waals surface area contributed by atoms with Crippen molar-refractivity contribution in [2.75, 3.05) is 58.7 Å². The summed E-state index contributed by atoms with van der Waals surface area (Å²) in [7, 11) is 3.58. The first-order valence-electron chi connectivity index (χ1n) is 13.7. The second kappa shape index (κ2) is 15.8. The first-order chi connectivity index (χ1) is 22.4. The van der Waals surface area contributed by atoms with Crippen molar-refractivity contribution in [2.24, 2.45) is 15.2 Å². The lowest BCUT2D eigenvalue weighted by molar-refractivity contribution is -0.169. The Balaban J connectivity index is 1.54. The van der Waals surface area contributed by atoms with Crippen LogP contribution in [0.2, 0.25) is 0 Å². The number of rotatable bonds is 13. The number of hydrogen-bond acceptors (Lipinski definition) is 20. The van der Waals surface area contributed by atoms with E-state index in [1.165, 1.54) is 24.9 Å². The van der Waals surface area contributed by atoms with E-state index < -0.39 is 73.5 Å². The molecule has 4 rings (SSSR count). The number of alkyl halides is 1. The largest absolute Gasteiger partial charge is 0.511 e. The smallest absolute Gasteiger partial charge is 0.431 e. The molecule has 0 radical (unpaired) electrons. The molecule has 3 aliphatic rings. The SMILES string of the molecule is CC(OC(=O)OCC(O)CO)OC(=O)C1=C(C=NN2CCN=C2N(C)C)CSC2C(NC(=O)C(=NOCF)c3nsc(N)n3)C(=O)N12. The zero-order valence-corrected chi connectivity index (χ0v) is 26.8. The molecule has 5 N–H and O–H groups in total. The Morgan fingerprint density at radius 1 is 1.32 bits per heavy atom. The molecular formula is C24H31FN10O10S2. The number of nitrogens with zero attached hydrogens (tertiary/aromatic N) is 8. The maximum absolute atomic E-state index is 13.5. The summed E-state index contributed by atoms with van der Waals surface area (Å²) in [5, 5.41) is 29.3. The van der Waals surface area contributed by atoms with Gasteiger partial charge in [-0.2, -0.15) is 14.5 Å². The number of carbonyl (C=O) groups is 4. The van der Waals surface area contributed by atoms with Gasteiger partial charge in [0.15, 0.2) is 5.13 Å². The fourth-order valence-electron chi connectivity index (χ4n) is 4.21. The molecule has 3 aliphatic heterocycles. The van der Waals surface area contributed by atoms with Crippen LogP contribution in [0.5, 0.6) is 0 Å². The Morgan fingerprint density at radius 2 is 2.09 bits per heavy atom. The molecule has 4 unspecified atom stereocenters. The van der Waals surface area contributed by atoms with Crippen molar-refractivity contribution < 1.29 is 52.8 Å². The van der Waals surface area contributed by atoms with Crippen LogP contribution in [0.4, 0.5) is 14.3 Å². The fraction of sp³-hybridized carbons (Fsp3) is 0.542. The van der Waals surface area contributed by atoms with E-state index in [4.69, 9.17) is 20.3 Å². The summed E-state index contributed by atoms with van der Waals surface area (Å²) in [6, 6.07) is -1.17. The van der Waals surface area contributed by atoms with Gasteiger partial charge in [0.1, 0.15) is 29.8 Å². The van der Waals surface area contributed by atoms with E-state index in [2.05, 4.69) is 39.5 Å². The van der Waals surface area contributed by atoms with E-state index in [1.807, 2.05) is 0 Å². The number of aliphatic hydroxyl groups excluding tert-OH is 2. The second-order valence-corrected chi connectivity index (χ2v) is 11.7. The summed E-state index contributed by atoms with van der Waals surface area (Å²) in [6.07, 6.45) is -2.75. The number of aliphatic imine (C=N–C) groups is 1. The highest BCUT2D eigenvalue weighted by Gasteiger charge is 2.55. The van der Waals surface area contributed by atoms with Gasteiger partial charge in [-0.3, -0.25) is 14.5 Å². The van der Waals surface area contributed by atoms with E-state index in [0.717, 1.165) is 16.4 Å². The molecule has 0 aromatic carbocycles. The molecular weight excluding hydrogens is 671 g/mol. The zero-order chi connectivity index (χ0) is 34.2. The number of oxime groups is 1. The molecule has 4 heterocycles. The number of guanidine groups is 1. The predicted octanol–water partition coefficient (Wildman–Crippen LogP) is -1.96. The number of β-lactam (4-membered cyclic amide) rings is 1. The van der Waals surface area contributed by atoms with Gasteiger partial charge in [-0.05, 0) is 0 Å². The number of carbonyl (C=O) groups excluding carboxylic acids is 4. The van der Waals surface area contributed by atoms with Gasteiger partial charge in [-0.15, -0.1) is 11.8 Å². The van der Waals surface area contributed by atoms with Crippen molar-refractivity contribution in [1.29, 1.82) is 0 Å². The summed E-state index contributed by atoms with van der Waals surface area (Å²) < 4.78 is 31.4. The molecule has 1 saturated heterocycles. The summed E-state index contributed by atoms with van der Waals surface area (Å²) >= 11 is 1.96. The number of nitrogen functional groups attached to an aromatic ring is 1. The highest BCUT2D eigenvalue weighted by Crippen LogP contribution is 2.40. The maximum atomic E-state index is 13.5. The van der Waals surface area contributed by atoms with Gasteiger partial charge in [0.2, 0.25) is 23.8 Å². The van der Waals surface area contributed by atoms with E-state index in [0.29, 0.717) is 19.0 Å². The Labute approximate surface area is 274 Å². The minimum atomic E-state index is -1.51. The van der Waals surface area contributed by atoms with Gasteiger partial charge in [0.25, 0.3) is 18.7 Å². The van der Waals surface area contributed by atoms with Gasteiger partial charge in [-0.1, -0.05) is 5.16 Å². The highest BCUT2D eigenvalue weighted by atomic mass is 32.2. The average Bonchev–Trinajstić information content (AvgIpc) is 3.70. The number of nitrogens with one attached hydrogen (secondary N) is 1. The van der Waals surface area contributed by atoms with E-state index >= 15 is 0 Å². The number of hydrogen-bond donors (Lipinski definition) is 4. The maximum Gasteiger partial charge on any atom is 0.511 e. The first kappa shape index (κ1) is 35.2. The number of fused-ring (bicyclic) bond motifs is 1. The lowest BCUT2D eigenvalue weighted by atomic mass is 10.0. The van der Waals surface area contributed by atoms with Crippen LogP contribution < -0.4 is 11.1 Å². The molecule has 1 aromatic rings. The number of amides is 2. The summed E-state index contributed by atoms with van der Waals surface area (Å²) in [5.41, 5.74) is 5.11. The van der Waals surface area contributed by atoms with E-state index in [1.54, 1.807) is 24.0 Å². The molecule has 4 atom stereocenters. The van der Waals surface area contributed by atoms with E-state index in [9.17, 15) is 28.7 Å². The molecule has 256 valence electrons. The van der Waals surface area contributed by atoms with Crippen LogP contribution in [-0.2, 0) is 33.4 Å². The third-order valence-electron chi connectivity index (χ3n) is 6.24. The average molecular weight is 703 g/mol. The zero-order valence-electron chi connectivity index (χ0n) is 25.1. The van der Waals surface area contributed by atoms with Crippen molar-refractivity contribution in [1.82, 2.24) is 29.5 Å². The number of ether oxygens (including phenoxy) is 3. The van der Waals surface area contributed by atoms with Crippen LogP contribution in [-0.4, -0.2) is 153 Å². The van der Waals surface area contributed by atoms with Crippen molar-refractivity contribution in [3.05, 3.63) is 17.1 Å². The summed E-state index contributed by atoms with van der Waals surface area (Å²) in [4.78, 5) is 67.4. The minimum Gasteiger partial charge on any atom is -0.431 e. The number of hydrazone groups is 1. The third kappa shape index (κ3) is 8.41. The lowest BCUT2D eigenvalue weighted by Gasteiger charge is -2.49. The topological polar surface area (TPSA) is 256 Å². The molecule has 0 spiro atoms. The first-order valence-corrected chi connectivity index (χ1v) is 15.5. The molecule has 47 heavy (non-hydrogen) atoms. The number of anilines is 1. The normalized spacial score (nSPS) is 20.7. The van der Waals surface area contributed by atoms with Crippen molar-refractivity contribution in [2.45, 2.75) is 30.7 Å². The van der Waals surface area contributed by atoms with Crippen LogP contribution in [0.3, 0.4) is 0 Å². The lowest BCUT2D eigenvalue weighted by Crippen LogP contribution is -2.71. The Bertz CT molecular complexity index is 1490. The van der Waals surface area contributed by atoms with Gasteiger partial charge in [-0.25, -0.2) is 24.0 Å². The van der Waals surface area contributed by atoms with Gasteiger partial charge in [0.05, 0.1) is 25.9 Å². The van der Waals surface area contributed by atoms with Gasteiger partial charge < -0.3 is 45.2 Å². The van der Waals surface area contributed by atoms with Gasteiger partial charge >= 0.3 is 12.1 Å². The molecule has 20 nitrogen and oxygen atoms in total. The Kier molecular flexibility index (Phi) is 11.8. The highest BCUT2D eigenvalue weighted by molar-refractivity contribution is 8.00. The molecule has 0 bridgehead atoms. The molecule has 1 aromatic heterocycles. The minimum absolute atomic E-state index is 0.00379. The second-order valence-electron chi connectivity index (χ2n) is 9.80. The third-order valence-corrected chi connectivity index (χ3v) is 8.08. The monoisotopic (exact) mass is 702 g/mol. The summed E-state index contributed by atoms with van der Waals surface area (Å²) in [5.74, 6) is -2.29. The van der Waals surface area contributed by atoms with Gasteiger partial charge in [0, 0.05) is 43.9 Å². The van der Waals surface area contributed by atoms with Crippen molar-refractivity contribution in [3.63, 3.8) is 0 Å². The van der Waals surface area contributed by atoms with Crippen molar-refractivity contribution in [3.8, 4) is 0 Å². The van der Waals surface area contributed by atoms with Crippen molar-refractivity contribution >= 4 is 70.3 Å². The number of thioether (sulfide) groups is 1. The number of halogens is 1. The molecule has 23 heteroatoms. The number of aromatic nitrogens is 2. The Hall–Kier alpha value is -4.61. The van der Waals surface area contributed by atoms with Crippen LogP contribution in [0.25, 0.3) is 0 Å². The Morgan fingerprint density at radius 3 is 2.74 bits per heavy atom. The number of esters is 1. The predicted molar refractivity (Wildman–Crippen MR) is 162 cm³/mol. The molecule has 0 aliphatic carbocycles. The fourth-order valence-corrected chi connectivity index (χ4v) is 5.94. The molecule has 1 fully saturated rings. The van der Waals surface area contributed by atoms with Crippen LogP contribution in [0.15, 0.2) is 26.5 Å². The molecule has 0 saturated carbocycles. The number of nitrogens with two attached hydrogens (primary N) is 1. The standard InChI is InChI=1S/C24H31FN10O10S2/c1-11(45-24(41)42-8-13(37)7-36)44-21(40)16-12(6-28-34-5-4-27-23(34)33(2)3)9-46-20-15(19(39)35(16)20)29-18(38)14(31-43-10-25)17-30-22(26)47-32-17/h6,11,13,15,20,36-37H,4-5,7-10H2,1-3H3,(H,29,38)(H2,26,30,32). The summed E-state index contributed by atoms with van der Waals surface area (Å²) in [6.45, 7) is -0.395. The van der Waals surface area contributed by atoms with Crippen LogP contribution >= 0.6 is 23.3 Å². The number of aliphatic hydroxyl groups is 2. The van der Waals surface area contributed by atoms with Crippen LogP contribution in [0, 0.1) is 0 Å². The van der Waals surface area contributed by atoms with E-state index in [-0.39, 0.29) is 28.0 Å². The molecule has 2 amide bonds. The van der Waals surface area contributed by atoms with Crippen LogP contribution in [0.1, 0.15) is 12.7 Å².